The zero-order chi connectivity index (χ0) is 15.5. The molecule has 2 aromatic heterocycles. The SMILES string of the molecule is COCCOCn1cc(C(N)=S)c2c(NC3CC3)ncnc21. The highest BCUT2D eigenvalue weighted by atomic mass is 32.1. The van der Waals surface area contributed by atoms with E-state index in [2.05, 4.69) is 15.3 Å². The Morgan fingerprint density at radius 2 is 2.27 bits per heavy atom. The number of anilines is 1. The van der Waals surface area contributed by atoms with Crippen LogP contribution in [0, 0.1) is 0 Å². The fourth-order valence-electron chi connectivity index (χ4n) is 2.24. The average molecular weight is 321 g/mol. The molecule has 0 spiro atoms. The second kappa shape index (κ2) is 6.55. The molecule has 0 bridgehead atoms. The number of thiocarbonyl (C=S) groups is 1. The molecule has 0 radical (unpaired) electrons. The summed E-state index contributed by atoms with van der Waals surface area (Å²) in [7, 11) is 1.64. The van der Waals surface area contributed by atoms with Gasteiger partial charge in [-0.25, -0.2) is 9.97 Å². The summed E-state index contributed by atoms with van der Waals surface area (Å²) >= 11 is 5.17. The van der Waals surface area contributed by atoms with E-state index in [4.69, 9.17) is 27.4 Å². The number of hydrogen-bond acceptors (Lipinski definition) is 6. The third-order valence-corrected chi connectivity index (χ3v) is 3.72. The number of fused-ring (bicyclic) bond motifs is 1. The molecule has 0 aliphatic heterocycles. The van der Waals surface area contributed by atoms with Gasteiger partial charge in [-0.2, -0.15) is 0 Å². The molecule has 3 N–H and O–H groups in total. The molecule has 7 nitrogen and oxygen atoms in total. The van der Waals surface area contributed by atoms with Crippen molar-refractivity contribution >= 4 is 34.1 Å². The maximum atomic E-state index is 5.86. The average Bonchev–Trinajstić information content (AvgIpc) is 3.23. The number of methoxy groups -OCH3 is 1. The molecule has 2 heterocycles. The number of aromatic nitrogens is 3. The van der Waals surface area contributed by atoms with E-state index >= 15 is 0 Å². The minimum Gasteiger partial charge on any atom is -0.389 e. The summed E-state index contributed by atoms with van der Waals surface area (Å²) in [5.74, 6) is 0.783. The Morgan fingerprint density at radius 3 is 2.95 bits per heavy atom. The van der Waals surface area contributed by atoms with Crippen LogP contribution < -0.4 is 11.1 Å². The summed E-state index contributed by atoms with van der Waals surface area (Å²) in [6, 6.07) is 0.485. The van der Waals surface area contributed by atoms with E-state index in [-0.39, 0.29) is 0 Å². The summed E-state index contributed by atoms with van der Waals surface area (Å²) in [5, 5.41) is 4.26. The van der Waals surface area contributed by atoms with Gasteiger partial charge < -0.3 is 25.1 Å². The highest BCUT2D eigenvalue weighted by Crippen LogP contribution is 2.30. The molecule has 8 heteroatoms. The molecule has 1 aliphatic carbocycles. The number of nitrogens with zero attached hydrogens (tertiary/aromatic N) is 3. The molecule has 0 amide bonds. The van der Waals surface area contributed by atoms with Crippen LogP contribution in [0.15, 0.2) is 12.5 Å². The number of rotatable bonds is 8. The van der Waals surface area contributed by atoms with Gasteiger partial charge in [0.15, 0.2) is 0 Å². The molecule has 22 heavy (non-hydrogen) atoms. The van der Waals surface area contributed by atoms with Crippen LogP contribution in [0.4, 0.5) is 5.82 Å². The van der Waals surface area contributed by atoms with Crippen LogP contribution in [0.25, 0.3) is 11.0 Å². The van der Waals surface area contributed by atoms with Gasteiger partial charge in [-0.05, 0) is 12.8 Å². The van der Waals surface area contributed by atoms with Crippen molar-refractivity contribution in [2.45, 2.75) is 25.6 Å². The third kappa shape index (κ3) is 3.18. The molecular weight excluding hydrogens is 302 g/mol. The largest absolute Gasteiger partial charge is 0.389 e. The van der Waals surface area contributed by atoms with Crippen molar-refractivity contribution in [1.29, 1.82) is 0 Å². The summed E-state index contributed by atoms with van der Waals surface area (Å²) in [6.45, 7) is 1.42. The van der Waals surface area contributed by atoms with Crippen molar-refractivity contribution in [3.05, 3.63) is 18.1 Å². The maximum Gasteiger partial charge on any atom is 0.148 e. The first kappa shape index (κ1) is 15.1. The van der Waals surface area contributed by atoms with Gasteiger partial charge in [0, 0.05) is 24.9 Å². The number of nitrogens with two attached hydrogens (primary N) is 1. The summed E-state index contributed by atoms with van der Waals surface area (Å²) < 4.78 is 12.4. The molecule has 118 valence electrons. The molecule has 0 saturated heterocycles. The minimum absolute atomic E-state index is 0.328. The van der Waals surface area contributed by atoms with E-state index in [1.165, 1.54) is 0 Å². The predicted molar refractivity (Wildman–Crippen MR) is 87.9 cm³/mol. The van der Waals surface area contributed by atoms with Crippen LogP contribution in [0.2, 0.25) is 0 Å². The van der Waals surface area contributed by atoms with Crippen LogP contribution in [0.5, 0.6) is 0 Å². The van der Waals surface area contributed by atoms with Gasteiger partial charge in [-0.1, -0.05) is 12.2 Å². The molecule has 1 aliphatic rings. The molecule has 2 aromatic rings. The molecule has 0 aromatic carbocycles. The lowest BCUT2D eigenvalue weighted by Crippen LogP contribution is -2.10. The standard InChI is InChI=1S/C14H19N5O2S/c1-20-4-5-21-8-19-6-10(12(15)22)11-13(18-9-2-3-9)16-7-17-14(11)19/h6-7,9H,2-5,8H2,1H3,(H2,15,22)(H,16,17,18). The van der Waals surface area contributed by atoms with E-state index in [1.54, 1.807) is 13.4 Å². The highest BCUT2D eigenvalue weighted by Gasteiger charge is 2.24. The number of hydrogen-bond donors (Lipinski definition) is 2. The normalized spacial score (nSPS) is 14.4. The minimum atomic E-state index is 0.328. The fraction of sp³-hybridized carbons (Fsp3) is 0.500. The van der Waals surface area contributed by atoms with Gasteiger partial charge in [0.25, 0.3) is 0 Å². The molecule has 0 unspecified atom stereocenters. The Morgan fingerprint density at radius 1 is 1.45 bits per heavy atom. The summed E-state index contributed by atoms with van der Waals surface area (Å²) in [4.78, 5) is 9.03. The quantitative estimate of drug-likeness (QED) is 0.559. The van der Waals surface area contributed by atoms with Crippen LogP contribution in [-0.2, 0) is 16.2 Å². The van der Waals surface area contributed by atoms with Crippen molar-refractivity contribution in [3.63, 3.8) is 0 Å². The number of ether oxygens (including phenoxy) is 2. The molecule has 1 saturated carbocycles. The lowest BCUT2D eigenvalue weighted by atomic mass is 10.2. The van der Waals surface area contributed by atoms with E-state index in [9.17, 15) is 0 Å². The van der Waals surface area contributed by atoms with Crippen LogP contribution in [0.3, 0.4) is 0 Å². The summed E-state index contributed by atoms with van der Waals surface area (Å²) in [6.07, 6.45) is 5.73. The van der Waals surface area contributed by atoms with E-state index in [0.717, 1.165) is 35.3 Å². The second-order valence-electron chi connectivity index (χ2n) is 5.25. The van der Waals surface area contributed by atoms with Gasteiger partial charge in [-0.15, -0.1) is 0 Å². The highest BCUT2D eigenvalue weighted by molar-refractivity contribution is 7.80. The lowest BCUT2D eigenvalue weighted by molar-refractivity contribution is 0.0358. The van der Waals surface area contributed by atoms with Crippen molar-refractivity contribution in [1.82, 2.24) is 14.5 Å². The topological polar surface area (TPSA) is 87.2 Å². The zero-order valence-corrected chi connectivity index (χ0v) is 13.2. The van der Waals surface area contributed by atoms with Crippen LogP contribution in [-0.4, -0.2) is 45.9 Å². The van der Waals surface area contributed by atoms with Crippen LogP contribution >= 0.6 is 12.2 Å². The predicted octanol–water partition coefficient (Wildman–Crippen LogP) is 1.26. The lowest BCUT2D eigenvalue weighted by Gasteiger charge is -2.08. The van der Waals surface area contributed by atoms with Gasteiger partial charge in [0.1, 0.15) is 29.5 Å². The zero-order valence-electron chi connectivity index (χ0n) is 12.4. The smallest absolute Gasteiger partial charge is 0.148 e. The molecular formula is C14H19N5O2S. The Kier molecular flexibility index (Phi) is 4.51. The fourth-order valence-corrected chi connectivity index (χ4v) is 2.40. The Hall–Kier alpha value is -1.77. The maximum absolute atomic E-state index is 5.86. The molecule has 0 atom stereocenters. The van der Waals surface area contributed by atoms with Gasteiger partial charge >= 0.3 is 0 Å². The summed E-state index contributed by atoms with van der Waals surface area (Å²) in [5.41, 5.74) is 7.39. The first-order valence-electron chi connectivity index (χ1n) is 7.17. The number of nitrogens with one attached hydrogen (secondary N) is 1. The van der Waals surface area contributed by atoms with Crippen molar-refractivity contribution < 1.29 is 9.47 Å². The first-order valence-corrected chi connectivity index (χ1v) is 7.58. The van der Waals surface area contributed by atoms with Gasteiger partial charge in [0.2, 0.25) is 0 Å². The van der Waals surface area contributed by atoms with E-state index < -0.39 is 0 Å². The van der Waals surface area contributed by atoms with E-state index in [1.807, 2.05) is 10.8 Å². The Balaban J connectivity index is 1.93. The van der Waals surface area contributed by atoms with Crippen LogP contribution in [0.1, 0.15) is 18.4 Å². The van der Waals surface area contributed by atoms with Crippen molar-refractivity contribution in [3.8, 4) is 0 Å². The third-order valence-electron chi connectivity index (χ3n) is 3.50. The molecule has 3 rings (SSSR count). The first-order chi connectivity index (χ1) is 10.7. The Bertz CT molecular complexity index is 683. The van der Waals surface area contributed by atoms with E-state index in [0.29, 0.717) is 31.0 Å². The van der Waals surface area contributed by atoms with Gasteiger partial charge in [-0.3, -0.25) is 0 Å². The molecule has 1 fully saturated rings. The monoisotopic (exact) mass is 321 g/mol. The second-order valence-corrected chi connectivity index (χ2v) is 5.69. The van der Waals surface area contributed by atoms with Crippen molar-refractivity contribution in [2.75, 3.05) is 25.6 Å². The van der Waals surface area contributed by atoms with Gasteiger partial charge in [0.05, 0.1) is 18.6 Å². The Labute approximate surface area is 133 Å². The van der Waals surface area contributed by atoms with Crippen molar-refractivity contribution in [2.24, 2.45) is 5.73 Å².